The summed E-state index contributed by atoms with van der Waals surface area (Å²) in [5.41, 5.74) is 1.81. The molecule has 6 heteroatoms. The highest BCUT2D eigenvalue weighted by molar-refractivity contribution is 5.94. The molecule has 6 nitrogen and oxygen atoms in total. The molecule has 1 aromatic carbocycles. The van der Waals surface area contributed by atoms with Gasteiger partial charge in [-0.2, -0.15) is 0 Å². The molecule has 0 unspecified atom stereocenters. The Balaban J connectivity index is 1.96. The first-order valence-electron chi connectivity index (χ1n) is 8.31. The van der Waals surface area contributed by atoms with E-state index in [-0.39, 0.29) is 12.2 Å². The fraction of sp³-hybridized carbons (Fsp3) is 0.368. The number of aromatic nitrogens is 1. The number of benzene rings is 1. The van der Waals surface area contributed by atoms with Crippen LogP contribution in [0.15, 0.2) is 36.4 Å². The summed E-state index contributed by atoms with van der Waals surface area (Å²) in [5, 5.41) is 29.0. The van der Waals surface area contributed by atoms with Gasteiger partial charge in [-0.05, 0) is 38.0 Å². The van der Waals surface area contributed by atoms with E-state index in [0.29, 0.717) is 37.4 Å². The molecule has 1 aliphatic rings. The normalized spacial score (nSPS) is 16.7. The zero-order chi connectivity index (χ0) is 18.0. The van der Waals surface area contributed by atoms with E-state index in [1.54, 1.807) is 12.1 Å². The van der Waals surface area contributed by atoms with Crippen molar-refractivity contribution in [2.45, 2.75) is 25.4 Å². The predicted molar refractivity (Wildman–Crippen MR) is 94.9 cm³/mol. The average Bonchev–Trinajstić information content (AvgIpc) is 2.62. The van der Waals surface area contributed by atoms with Crippen molar-refractivity contribution in [2.24, 2.45) is 0 Å². The molecular weight excluding hydrogens is 320 g/mol. The summed E-state index contributed by atoms with van der Waals surface area (Å²) < 4.78 is 0. The number of carbonyl (C=O) groups is 1. The molecule has 2 aromatic rings. The van der Waals surface area contributed by atoms with Gasteiger partial charge < -0.3 is 20.2 Å². The SMILES string of the molecule is Cc1cccc(-c2ccc(C(=O)O)c(N3CCC(O)(CO)CC3)n2)c1. The third-order valence-corrected chi connectivity index (χ3v) is 4.71. The number of aromatic carboxylic acids is 1. The van der Waals surface area contributed by atoms with Crippen LogP contribution in [-0.2, 0) is 0 Å². The van der Waals surface area contributed by atoms with Crippen molar-refractivity contribution in [2.75, 3.05) is 24.6 Å². The number of carboxylic acid groups (broad SMARTS) is 1. The van der Waals surface area contributed by atoms with Crippen molar-refractivity contribution in [1.29, 1.82) is 0 Å². The number of piperidine rings is 1. The summed E-state index contributed by atoms with van der Waals surface area (Å²) >= 11 is 0. The van der Waals surface area contributed by atoms with Crippen LogP contribution in [0.4, 0.5) is 5.82 Å². The van der Waals surface area contributed by atoms with E-state index < -0.39 is 11.6 Å². The van der Waals surface area contributed by atoms with Crippen LogP contribution in [0.2, 0.25) is 0 Å². The van der Waals surface area contributed by atoms with Gasteiger partial charge in [0.25, 0.3) is 0 Å². The van der Waals surface area contributed by atoms with Crippen LogP contribution in [0.25, 0.3) is 11.3 Å². The number of aliphatic hydroxyl groups excluding tert-OH is 1. The molecule has 132 valence electrons. The molecule has 3 N–H and O–H groups in total. The van der Waals surface area contributed by atoms with Crippen LogP contribution < -0.4 is 4.90 Å². The second kappa shape index (κ2) is 6.82. The number of rotatable bonds is 4. The quantitative estimate of drug-likeness (QED) is 0.788. The lowest BCUT2D eigenvalue weighted by molar-refractivity contribution is -0.0326. The number of nitrogens with zero attached hydrogens (tertiary/aromatic N) is 2. The van der Waals surface area contributed by atoms with Gasteiger partial charge in [0.1, 0.15) is 11.4 Å². The zero-order valence-corrected chi connectivity index (χ0v) is 14.1. The second-order valence-electron chi connectivity index (χ2n) is 6.61. The Morgan fingerprint density at radius 2 is 1.96 bits per heavy atom. The van der Waals surface area contributed by atoms with E-state index in [1.165, 1.54) is 0 Å². The van der Waals surface area contributed by atoms with Crippen LogP contribution in [0.1, 0.15) is 28.8 Å². The van der Waals surface area contributed by atoms with E-state index in [9.17, 15) is 20.1 Å². The molecular formula is C19H22N2O4. The number of carboxylic acids is 1. The Morgan fingerprint density at radius 3 is 2.56 bits per heavy atom. The first-order chi connectivity index (χ1) is 11.9. The lowest BCUT2D eigenvalue weighted by atomic mass is 9.92. The van der Waals surface area contributed by atoms with Crippen molar-refractivity contribution in [3.63, 3.8) is 0 Å². The Bertz CT molecular complexity index is 783. The molecule has 0 radical (unpaired) electrons. The maximum Gasteiger partial charge on any atom is 0.339 e. The van der Waals surface area contributed by atoms with E-state index in [1.807, 2.05) is 36.1 Å². The van der Waals surface area contributed by atoms with E-state index in [4.69, 9.17) is 0 Å². The fourth-order valence-electron chi connectivity index (χ4n) is 3.11. The van der Waals surface area contributed by atoms with Gasteiger partial charge >= 0.3 is 5.97 Å². The molecule has 0 saturated carbocycles. The zero-order valence-electron chi connectivity index (χ0n) is 14.1. The number of hydrogen-bond donors (Lipinski definition) is 3. The maximum atomic E-state index is 11.6. The number of anilines is 1. The average molecular weight is 342 g/mol. The van der Waals surface area contributed by atoms with E-state index in [2.05, 4.69) is 4.98 Å². The van der Waals surface area contributed by atoms with Crippen molar-refractivity contribution >= 4 is 11.8 Å². The van der Waals surface area contributed by atoms with Gasteiger partial charge in [-0.15, -0.1) is 0 Å². The van der Waals surface area contributed by atoms with Crippen molar-refractivity contribution in [1.82, 2.24) is 4.98 Å². The van der Waals surface area contributed by atoms with Gasteiger partial charge in [0.15, 0.2) is 0 Å². The fourth-order valence-corrected chi connectivity index (χ4v) is 3.11. The molecule has 1 aliphatic heterocycles. The number of pyridine rings is 1. The van der Waals surface area contributed by atoms with E-state index >= 15 is 0 Å². The highest BCUT2D eigenvalue weighted by Crippen LogP contribution is 2.29. The summed E-state index contributed by atoms with van der Waals surface area (Å²) in [6, 6.07) is 11.2. The molecule has 3 rings (SSSR count). The lowest BCUT2D eigenvalue weighted by Crippen LogP contribution is -2.47. The third-order valence-electron chi connectivity index (χ3n) is 4.71. The maximum absolute atomic E-state index is 11.6. The predicted octanol–water partition coefficient (Wildman–Crippen LogP) is 2.08. The molecule has 2 heterocycles. The number of hydrogen-bond acceptors (Lipinski definition) is 5. The standard InChI is InChI=1S/C19H22N2O4/c1-13-3-2-4-14(11-13)16-6-5-15(18(23)24)17(20-16)21-9-7-19(25,12-22)8-10-21/h2-6,11,22,25H,7-10,12H2,1H3,(H,23,24). The molecule has 0 bridgehead atoms. The summed E-state index contributed by atoms with van der Waals surface area (Å²) in [6.45, 7) is 2.60. The van der Waals surface area contributed by atoms with Crippen molar-refractivity contribution in [3.8, 4) is 11.3 Å². The van der Waals surface area contributed by atoms with Gasteiger partial charge in [0.05, 0.1) is 17.9 Å². The lowest BCUT2D eigenvalue weighted by Gasteiger charge is -2.38. The monoisotopic (exact) mass is 342 g/mol. The van der Waals surface area contributed by atoms with Gasteiger partial charge in [-0.1, -0.05) is 23.8 Å². The van der Waals surface area contributed by atoms with Crippen molar-refractivity contribution < 1.29 is 20.1 Å². The highest BCUT2D eigenvalue weighted by Gasteiger charge is 2.33. The smallest absolute Gasteiger partial charge is 0.339 e. The Labute approximate surface area is 146 Å². The topological polar surface area (TPSA) is 93.9 Å². The Morgan fingerprint density at radius 1 is 1.24 bits per heavy atom. The van der Waals surface area contributed by atoms with Gasteiger partial charge in [0, 0.05) is 18.7 Å². The summed E-state index contributed by atoms with van der Waals surface area (Å²) in [5.74, 6) is -0.618. The molecule has 0 atom stereocenters. The minimum Gasteiger partial charge on any atom is -0.478 e. The second-order valence-corrected chi connectivity index (χ2v) is 6.61. The van der Waals surface area contributed by atoms with E-state index in [0.717, 1.165) is 11.1 Å². The van der Waals surface area contributed by atoms with Gasteiger partial charge in [0.2, 0.25) is 0 Å². The molecule has 0 aliphatic carbocycles. The van der Waals surface area contributed by atoms with Gasteiger partial charge in [-0.25, -0.2) is 9.78 Å². The Kier molecular flexibility index (Phi) is 4.74. The number of aliphatic hydroxyl groups is 2. The number of aryl methyl sites for hydroxylation is 1. The largest absolute Gasteiger partial charge is 0.478 e. The minimum absolute atomic E-state index is 0.144. The third kappa shape index (κ3) is 3.65. The molecule has 25 heavy (non-hydrogen) atoms. The summed E-state index contributed by atoms with van der Waals surface area (Å²) in [6.07, 6.45) is 0.748. The molecule has 0 amide bonds. The first-order valence-corrected chi connectivity index (χ1v) is 8.31. The molecule has 1 saturated heterocycles. The summed E-state index contributed by atoms with van der Waals surface area (Å²) in [7, 11) is 0. The minimum atomic E-state index is -1.09. The van der Waals surface area contributed by atoms with Crippen LogP contribution in [0.3, 0.4) is 0 Å². The highest BCUT2D eigenvalue weighted by atomic mass is 16.4. The van der Waals surface area contributed by atoms with Gasteiger partial charge in [-0.3, -0.25) is 0 Å². The van der Waals surface area contributed by atoms with Crippen LogP contribution >= 0.6 is 0 Å². The summed E-state index contributed by atoms with van der Waals surface area (Å²) in [4.78, 5) is 18.1. The van der Waals surface area contributed by atoms with Crippen molar-refractivity contribution in [3.05, 3.63) is 47.5 Å². The van der Waals surface area contributed by atoms with Crippen LogP contribution in [0.5, 0.6) is 0 Å². The van der Waals surface area contributed by atoms with Crippen LogP contribution in [-0.4, -0.2) is 51.6 Å². The van der Waals surface area contributed by atoms with Crippen LogP contribution in [0, 0.1) is 6.92 Å². The molecule has 1 fully saturated rings. The first kappa shape index (κ1) is 17.4. The Hall–Kier alpha value is -2.44. The molecule has 0 spiro atoms. The molecule has 1 aromatic heterocycles.